The molecule has 9 unspecified atom stereocenters. The van der Waals surface area contributed by atoms with Gasteiger partial charge in [-0.25, -0.2) is 4.39 Å². The maximum absolute atomic E-state index is 14.6. The van der Waals surface area contributed by atoms with E-state index in [1.54, 1.807) is 0 Å². The fraction of sp³-hybridized carbons (Fsp3) is 0.893. The predicted molar refractivity (Wildman–Crippen MR) is 136 cm³/mol. The van der Waals surface area contributed by atoms with Crippen LogP contribution in [0.4, 0.5) is 4.39 Å². The predicted octanol–water partition coefficient (Wildman–Crippen LogP) is 5.62. The van der Waals surface area contributed by atoms with E-state index in [2.05, 4.69) is 19.2 Å². The van der Waals surface area contributed by atoms with Gasteiger partial charge in [-0.3, -0.25) is 9.79 Å². The van der Waals surface area contributed by atoms with Crippen molar-refractivity contribution in [3.8, 4) is 0 Å². The third-order valence-electron chi connectivity index (χ3n) is 10.3. The van der Waals surface area contributed by atoms with Gasteiger partial charge in [-0.05, 0) is 74.7 Å². The molecule has 4 saturated carbocycles. The van der Waals surface area contributed by atoms with Gasteiger partial charge < -0.3 is 10.2 Å². The minimum absolute atomic E-state index is 0.130. The van der Waals surface area contributed by atoms with Crippen molar-refractivity contribution in [2.45, 2.75) is 98.3 Å². The van der Waals surface area contributed by atoms with Gasteiger partial charge in [-0.2, -0.15) is 0 Å². The Morgan fingerprint density at radius 3 is 2.56 bits per heavy atom. The molecule has 5 aliphatic rings. The number of halogens is 1. The van der Waals surface area contributed by atoms with Crippen LogP contribution in [0.2, 0.25) is 0 Å². The first-order valence-corrected chi connectivity index (χ1v) is 13.9. The summed E-state index contributed by atoms with van der Waals surface area (Å²) in [7, 11) is 1.93. The van der Waals surface area contributed by atoms with Crippen LogP contribution in [0.25, 0.3) is 0 Å². The molecular formula is C28H46FN3O2. The molecule has 5 fully saturated rings. The van der Waals surface area contributed by atoms with Crippen LogP contribution >= 0.6 is 0 Å². The fourth-order valence-corrected chi connectivity index (χ4v) is 8.60. The monoisotopic (exact) mass is 475 g/mol. The molecule has 6 heteroatoms. The molecule has 0 aromatic rings. The van der Waals surface area contributed by atoms with Crippen LogP contribution in [0, 0.1) is 40.4 Å². The Labute approximate surface area is 205 Å². The summed E-state index contributed by atoms with van der Waals surface area (Å²) in [6.07, 6.45) is 6.24. The third-order valence-corrected chi connectivity index (χ3v) is 10.3. The van der Waals surface area contributed by atoms with Crippen molar-refractivity contribution in [1.82, 2.24) is 5.32 Å². The molecule has 0 aromatic carbocycles. The number of rotatable bonds is 3. The van der Waals surface area contributed by atoms with Crippen LogP contribution < -0.4 is 5.32 Å². The van der Waals surface area contributed by atoms with Gasteiger partial charge in [-0.15, -0.1) is 0 Å². The largest absolute Gasteiger partial charge is 0.391 e. The molecule has 4 aliphatic carbocycles. The lowest BCUT2D eigenvalue weighted by molar-refractivity contribution is -0.136. The summed E-state index contributed by atoms with van der Waals surface area (Å²) in [4.78, 5) is 23.5. The van der Waals surface area contributed by atoms with E-state index in [0.29, 0.717) is 30.1 Å². The van der Waals surface area contributed by atoms with E-state index < -0.39 is 11.6 Å². The van der Waals surface area contributed by atoms with Crippen molar-refractivity contribution in [2.24, 2.45) is 50.6 Å². The molecule has 5 rings (SSSR count). The molecule has 0 aromatic heterocycles. The molecule has 34 heavy (non-hydrogen) atoms. The number of alkyl halides is 1. The van der Waals surface area contributed by atoms with Crippen molar-refractivity contribution >= 4 is 17.2 Å². The number of Topliss-reactive ketones (excluding diaryl/α,β-unsaturated/α-hetero) is 1. The number of hydrogen-bond donors (Lipinski definition) is 1. The second-order valence-electron chi connectivity index (χ2n) is 11.6. The van der Waals surface area contributed by atoms with E-state index in [0.717, 1.165) is 58.0 Å². The van der Waals surface area contributed by atoms with E-state index in [1.165, 1.54) is 11.4 Å². The van der Waals surface area contributed by atoms with Crippen molar-refractivity contribution in [1.29, 1.82) is 0 Å². The second-order valence-corrected chi connectivity index (χ2v) is 11.6. The first-order chi connectivity index (χ1) is 16.3. The lowest BCUT2D eigenvalue weighted by atomic mass is 9.43. The first kappa shape index (κ1) is 25.8. The highest BCUT2D eigenvalue weighted by molar-refractivity contribution is 5.98. The van der Waals surface area contributed by atoms with Gasteiger partial charge in [0.15, 0.2) is 12.0 Å². The molecule has 1 saturated heterocycles. The summed E-state index contributed by atoms with van der Waals surface area (Å²) in [6.45, 7) is 12.7. The van der Waals surface area contributed by atoms with Crippen LogP contribution in [0.1, 0.15) is 86.0 Å². The van der Waals surface area contributed by atoms with Gasteiger partial charge in [0, 0.05) is 43.0 Å². The van der Waals surface area contributed by atoms with Crippen molar-refractivity contribution in [3.63, 3.8) is 0 Å². The zero-order chi connectivity index (χ0) is 24.7. The zero-order valence-corrected chi connectivity index (χ0v) is 22.2. The molecule has 192 valence electrons. The lowest BCUT2D eigenvalue weighted by Gasteiger charge is -2.61. The van der Waals surface area contributed by atoms with E-state index in [4.69, 9.17) is 15.0 Å². The number of aliphatic imine (C=N–C) groups is 1. The molecular weight excluding hydrogens is 429 g/mol. The van der Waals surface area contributed by atoms with Crippen molar-refractivity contribution in [3.05, 3.63) is 0 Å². The lowest BCUT2D eigenvalue weighted by Crippen LogP contribution is -2.59. The van der Waals surface area contributed by atoms with Crippen LogP contribution in [0.15, 0.2) is 10.1 Å². The summed E-state index contributed by atoms with van der Waals surface area (Å²) in [5.74, 6) is 1.66. The summed E-state index contributed by atoms with van der Waals surface area (Å²) in [5, 5.41) is 8.07. The van der Waals surface area contributed by atoms with E-state index in [9.17, 15) is 9.18 Å². The van der Waals surface area contributed by atoms with E-state index in [-0.39, 0.29) is 23.2 Å². The molecule has 1 aliphatic heterocycles. The zero-order valence-electron chi connectivity index (χ0n) is 22.2. The third kappa shape index (κ3) is 3.96. The summed E-state index contributed by atoms with van der Waals surface area (Å²) < 4.78 is 14.6. The highest BCUT2D eigenvalue weighted by Crippen LogP contribution is 2.65. The normalized spacial score (nSPS) is 48.1. The van der Waals surface area contributed by atoms with E-state index in [1.807, 2.05) is 27.8 Å². The van der Waals surface area contributed by atoms with Gasteiger partial charge in [0.25, 0.3) is 0 Å². The molecule has 0 amide bonds. The number of ketones is 1. The van der Waals surface area contributed by atoms with Gasteiger partial charge in [0.05, 0.1) is 5.71 Å². The number of nitrogens with zero attached hydrogens (tertiary/aromatic N) is 2. The van der Waals surface area contributed by atoms with Crippen molar-refractivity contribution < 1.29 is 14.0 Å². The quantitative estimate of drug-likeness (QED) is 0.539. The van der Waals surface area contributed by atoms with Crippen LogP contribution in [0.5, 0.6) is 0 Å². The summed E-state index contributed by atoms with van der Waals surface area (Å²) in [6, 6.07) is 0. The van der Waals surface area contributed by atoms with Crippen LogP contribution in [-0.4, -0.2) is 49.6 Å². The second kappa shape index (κ2) is 9.99. The SMILES string of the molecule is CC.CCC1/C(=N/OC2CCNC2)CCC2(C)C3CCC4(C)C(=O)C(F)CC4C3CC(=NC)C12. The number of nitrogens with one attached hydrogen (secondary N) is 1. The van der Waals surface area contributed by atoms with E-state index >= 15 is 0 Å². The summed E-state index contributed by atoms with van der Waals surface area (Å²) >= 11 is 0. The Morgan fingerprint density at radius 2 is 1.91 bits per heavy atom. The van der Waals surface area contributed by atoms with Gasteiger partial charge >= 0.3 is 0 Å². The average molecular weight is 476 g/mol. The van der Waals surface area contributed by atoms with Gasteiger partial charge in [0.1, 0.15) is 6.10 Å². The molecule has 0 bridgehead atoms. The Morgan fingerprint density at radius 1 is 1.15 bits per heavy atom. The highest BCUT2D eigenvalue weighted by Gasteiger charge is 2.64. The molecule has 1 heterocycles. The number of carbonyl (C=O) groups excluding carboxylic acids is 1. The average Bonchev–Trinajstić information content (AvgIpc) is 3.45. The maximum Gasteiger partial charge on any atom is 0.173 e. The number of carbonyl (C=O) groups is 1. The number of hydrogen-bond acceptors (Lipinski definition) is 5. The standard InChI is InChI=1S/C26H40FN3O2.C2H6/c1-5-16-21(30-32-15-8-11-29-14-15)7-10-25(2)18-6-9-26(3)19(13-20(27)24(26)31)17(18)12-22(28-4)23(16)25;1-2/h15-20,23,29H,5-14H2,1-4H3;1-2H3/b28-22?,30-21+;. The maximum atomic E-state index is 14.6. The highest BCUT2D eigenvalue weighted by atomic mass is 19.1. The Kier molecular flexibility index (Phi) is 7.57. The van der Waals surface area contributed by atoms with Crippen LogP contribution in [0.3, 0.4) is 0 Å². The minimum Gasteiger partial charge on any atom is -0.391 e. The molecule has 1 N–H and O–H groups in total. The van der Waals surface area contributed by atoms with Crippen molar-refractivity contribution in [2.75, 3.05) is 20.1 Å². The van der Waals surface area contributed by atoms with Gasteiger partial charge in [0.2, 0.25) is 0 Å². The topological polar surface area (TPSA) is 63.0 Å². The number of oxime groups is 1. The fourth-order valence-electron chi connectivity index (χ4n) is 8.60. The minimum atomic E-state index is -1.27. The Hall–Kier alpha value is -1.30. The summed E-state index contributed by atoms with van der Waals surface area (Å²) in [5.41, 5.74) is 2.14. The smallest absolute Gasteiger partial charge is 0.173 e. The number of fused-ring (bicyclic) bond motifs is 5. The first-order valence-electron chi connectivity index (χ1n) is 13.9. The Bertz CT molecular complexity index is 822. The Balaban J connectivity index is 0.00000133. The molecule has 0 radical (unpaired) electrons. The molecule has 0 spiro atoms. The van der Waals surface area contributed by atoms with Crippen LogP contribution in [-0.2, 0) is 9.63 Å². The molecule has 5 nitrogen and oxygen atoms in total. The van der Waals surface area contributed by atoms with Gasteiger partial charge in [-0.1, -0.05) is 39.8 Å². The molecule has 9 atom stereocenters.